The molecular formula is C19H21ClN4O2S. The Morgan fingerprint density at radius 1 is 1.44 bits per heavy atom. The summed E-state index contributed by atoms with van der Waals surface area (Å²) in [6.45, 7) is 5.30. The van der Waals surface area contributed by atoms with Crippen molar-refractivity contribution in [3.8, 4) is 0 Å². The molecule has 3 aromatic rings. The minimum atomic E-state index is -0.0492. The summed E-state index contributed by atoms with van der Waals surface area (Å²) < 4.78 is 8.47. The van der Waals surface area contributed by atoms with E-state index >= 15 is 0 Å². The van der Waals surface area contributed by atoms with Crippen LogP contribution in [0, 0.1) is 13.8 Å². The summed E-state index contributed by atoms with van der Waals surface area (Å²) in [4.78, 5) is 19.5. The maximum atomic E-state index is 13.2. The monoisotopic (exact) mass is 404 g/mol. The molecule has 1 aromatic carbocycles. The molecule has 0 bridgehead atoms. The molecule has 8 heteroatoms. The fraction of sp³-hybridized carbons (Fsp3) is 0.421. The third-order valence-electron chi connectivity index (χ3n) is 4.69. The second-order valence-electron chi connectivity index (χ2n) is 6.81. The highest BCUT2D eigenvalue weighted by Crippen LogP contribution is 2.33. The summed E-state index contributed by atoms with van der Waals surface area (Å²) in [5.41, 5.74) is 2.60. The second kappa shape index (κ2) is 7.58. The third kappa shape index (κ3) is 3.85. The zero-order chi connectivity index (χ0) is 19.0. The van der Waals surface area contributed by atoms with E-state index in [0.717, 1.165) is 41.1 Å². The second-order valence-corrected chi connectivity index (χ2v) is 8.22. The zero-order valence-corrected chi connectivity index (χ0v) is 16.9. The SMILES string of the molecule is Cc1cc(C)n(CC(=O)N(CC2CCCO2)c2nc3c(Cl)cccc3s2)n1. The summed E-state index contributed by atoms with van der Waals surface area (Å²) in [6.07, 6.45) is 2.02. The fourth-order valence-electron chi connectivity index (χ4n) is 3.35. The Hall–Kier alpha value is -1.96. The summed E-state index contributed by atoms with van der Waals surface area (Å²) in [6, 6.07) is 7.65. The van der Waals surface area contributed by atoms with E-state index in [1.54, 1.807) is 9.58 Å². The van der Waals surface area contributed by atoms with Crippen LogP contribution in [0.3, 0.4) is 0 Å². The first-order valence-corrected chi connectivity index (χ1v) is 10.2. The molecule has 2 aromatic heterocycles. The Morgan fingerprint density at radius 2 is 2.30 bits per heavy atom. The van der Waals surface area contributed by atoms with Crippen molar-refractivity contribution in [2.24, 2.45) is 0 Å². The van der Waals surface area contributed by atoms with Crippen LogP contribution in [0.25, 0.3) is 10.2 Å². The molecule has 4 rings (SSSR count). The summed E-state index contributed by atoms with van der Waals surface area (Å²) >= 11 is 7.76. The number of rotatable bonds is 5. The molecule has 0 aliphatic carbocycles. The van der Waals surface area contributed by atoms with E-state index < -0.39 is 0 Å². The molecule has 3 heterocycles. The molecule has 0 saturated carbocycles. The number of fused-ring (bicyclic) bond motifs is 1. The predicted octanol–water partition coefficient (Wildman–Crippen LogP) is 3.98. The van der Waals surface area contributed by atoms with Crippen LogP contribution in [0.15, 0.2) is 24.3 Å². The lowest BCUT2D eigenvalue weighted by molar-refractivity contribution is -0.119. The molecule has 0 spiro atoms. The van der Waals surface area contributed by atoms with E-state index in [1.807, 2.05) is 38.1 Å². The van der Waals surface area contributed by atoms with Crippen molar-refractivity contribution in [2.45, 2.75) is 39.3 Å². The number of carbonyl (C=O) groups excluding carboxylic acids is 1. The van der Waals surface area contributed by atoms with Crippen LogP contribution in [-0.2, 0) is 16.1 Å². The number of nitrogens with zero attached hydrogens (tertiary/aromatic N) is 4. The largest absolute Gasteiger partial charge is 0.376 e. The quantitative estimate of drug-likeness (QED) is 0.645. The lowest BCUT2D eigenvalue weighted by Crippen LogP contribution is -2.39. The molecule has 1 aliphatic heterocycles. The molecule has 0 radical (unpaired) electrons. The average molecular weight is 405 g/mol. The van der Waals surface area contributed by atoms with Gasteiger partial charge in [0, 0.05) is 12.3 Å². The molecule has 1 fully saturated rings. The first kappa shape index (κ1) is 18.4. The van der Waals surface area contributed by atoms with Crippen LogP contribution >= 0.6 is 22.9 Å². The average Bonchev–Trinajstić information content (AvgIpc) is 3.34. The number of anilines is 1. The minimum absolute atomic E-state index is 0.0388. The van der Waals surface area contributed by atoms with Gasteiger partial charge in [0.2, 0.25) is 0 Å². The van der Waals surface area contributed by atoms with Gasteiger partial charge in [-0.05, 0) is 44.9 Å². The maximum Gasteiger partial charge on any atom is 0.250 e. The minimum Gasteiger partial charge on any atom is -0.376 e. The Kier molecular flexibility index (Phi) is 5.16. The van der Waals surface area contributed by atoms with Gasteiger partial charge in [-0.15, -0.1) is 0 Å². The zero-order valence-electron chi connectivity index (χ0n) is 15.3. The fourth-order valence-corrected chi connectivity index (χ4v) is 4.64. The van der Waals surface area contributed by atoms with Gasteiger partial charge in [0.15, 0.2) is 5.13 Å². The highest BCUT2D eigenvalue weighted by molar-refractivity contribution is 7.22. The number of hydrogen-bond donors (Lipinski definition) is 0. The Labute approximate surface area is 166 Å². The van der Waals surface area contributed by atoms with Crippen LogP contribution in [0.1, 0.15) is 24.2 Å². The standard InChI is InChI=1S/C19H21ClN4O2S/c1-12-9-13(2)24(22-12)11-17(25)23(10-14-5-4-8-26-14)19-21-18-15(20)6-3-7-16(18)27-19/h3,6-7,9,14H,4-5,8,10-11H2,1-2H3. The number of aromatic nitrogens is 3. The topological polar surface area (TPSA) is 60.2 Å². The molecule has 1 saturated heterocycles. The predicted molar refractivity (Wildman–Crippen MR) is 108 cm³/mol. The third-order valence-corrected chi connectivity index (χ3v) is 6.04. The number of amides is 1. The van der Waals surface area contributed by atoms with Gasteiger partial charge in [-0.1, -0.05) is 29.0 Å². The van der Waals surface area contributed by atoms with E-state index in [-0.39, 0.29) is 18.6 Å². The highest BCUT2D eigenvalue weighted by atomic mass is 35.5. The van der Waals surface area contributed by atoms with Crippen molar-refractivity contribution in [3.63, 3.8) is 0 Å². The summed E-state index contributed by atoms with van der Waals surface area (Å²) in [5, 5.41) is 5.66. The first-order chi connectivity index (χ1) is 13.0. The van der Waals surface area contributed by atoms with Gasteiger partial charge < -0.3 is 4.74 Å². The van der Waals surface area contributed by atoms with Gasteiger partial charge in [-0.2, -0.15) is 5.10 Å². The smallest absolute Gasteiger partial charge is 0.250 e. The lowest BCUT2D eigenvalue weighted by Gasteiger charge is -2.23. The van der Waals surface area contributed by atoms with E-state index in [2.05, 4.69) is 10.1 Å². The molecule has 142 valence electrons. The number of halogens is 1. The number of hydrogen-bond acceptors (Lipinski definition) is 5. The molecule has 1 amide bonds. The van der Waals surface area contributed by atoms with Crippen LogP contribution in [0.2, 0.25) is 5.02 Å². The first-order valence-electron chi connectivity index (χ1n) is 8.99. The van der Waals surface area contributed by atoms with Crippen LogP contribution in [0.4, 0.5) is 5.13 Å². The van der Waals surface area contributed by atoms with E-state index in [0.29, 0.717) is 16.7 Å². The molecule has 1 atom stereocenters. The van der Waals surface area contributed by atoms with Crippen molar-refractivity contribution in [1.29, 1.82) is 0 Å². The van der Waals surface area contributed by atoms with Crippen LogP contribution in [-0.4, -0.2) is 39.9 Å². The Bertz CT molecular complexity index is 977. The number of aryl methyl sites for hydroxylation is 2. The number of ether oxygens (including phenoxy) is 1. The van der Waals surface area contributed by atoms with E-state index in [9.17, 15) is 4.79 Å². The molecule has 1 unspecified atom stereocenters. The number of thiazole rings is 1. The number of para-hydroxylation sites is 1. The van der Waals surface area contributed by atoms with Gasteiger partial charge in [0.05, 0.1) is 28.1 Å². The lowest BCUT2D eigenvalue weighted by atomic mass is 10.2. The summed E-state index contributed by atoms with van der Waals surface area (Å²) in [7, 11) is 0. The van der Waals surface area contributed by atoms with Gasteiger partial charge in [-0.3, -0.25) is 14.4 Å². The van der Waals surface area contributed by atoms with Crippen molar-refractivity contribution < 1.29 is 9.53 Å². The molecule has 27 heavy (non-hydrogen) atoms. The van der Waals surface area contributed by atoms with Crippen LogP contribution < -0.4 is 4.90 Å². The molecular weight excluding hydrogens is 384 g/mol. The molecule has 1 aliphatic rings. The van der Waals surface area contributed by atoms with E-state index in [1.165, 1.54) is 11.3 Å². The number of carbonyl (C=O) groups is 1. The Balaban J connectivity index is 1.65. The number of benzene rings is 1. The van der Waals surface area contributed by atoms with Crippen LogP contribution in [0.5, 0.6) is 0 Å². The molecule has 0 N–H and O–H groups in total. The normalized spacial score (nSPS) is 16.9. The summed E-state index contributed by atoms with van der Waals surface area (Å²) in [5.74, 6) is -0.0492. The van der Waals surface area contributed by atoms with Crippen molar-refractivity contribution >= 4 is 44.2 Å². The van der Waals surface area contributed by atoms with Gasteiger partial charge in [-0.25, -0.2) is 4.98 Å². The molecule has 6 nitrogen and oxygen atoms in total. The van der Waals surface area contributed by atoms with Crippen molar-refractivity contribution in [1.82, 2.24) is 14.8 Å². The Morgan fingerprint density at radius 3 is 2.96 bits per heavy atom. The van der Waals surface area contributed by atoms with Gasteiger partial charge in [0.1, 0.15) is 12.1 Å². The van der Waals surface area contributed by atoms with Crippen molar-refractivity contribution in [2.75, 3.05) is 18.1 Å². The van der Waals surface area contributed by atoms with Gasteiger partial charge in [0.25, 0.3) is 5.91 Å². The highest BCUT2D eigenvalue weighted by Gasteiger charge is 2.27. The van der Waals surface area contributed by atoms with Gasteiger partial charge >= 0.3 is 0 Å². The maximum absolute atomic E-state index is 13.2. The van der Waals surface area contributed by atoms with Crippen molar-refractivity contribution in [3.05, 3.63) is 40.7 Å². The van der Waals surface area contributed by atoms with E-state index in [4.69, 9.17) is 16.3 Å².